The SMILES string of the molecule is CN1Cc2cc(Cl)c(Cl)cc2C(c2ccc(NC(=O)CN)cc2)C1.O=CC(F)(F)F. The summed E-state index contributed by atoms with van der Waals surface area (Å²) < 4.78 is 31.2. The summed E-state index contributed by atoms with van der Waals surface area (Å²) in [5.41, 5.74) is 9.64. The second kappa shape index (κ2) is 10.3. The van der Waals surface area contributed by atoms with Crippen LogP contribution in [0.2, 0.25) is 10.0 Å². The van der Waals surface area contributed by atoms with E-state index in [0.29, 0.717) is 10.0 Å². The number of carbonyl (C=O) groups is 2. The highest BCUT2D eigenvalue weighted by Crippen LogP contribution is 2.37. The predicted octanol–water partition coefficient (Wildman–Crippen LogP) is 4.22. The first-order valence-corrected chi connectivity index (χ1v) is 9.59. The van der Waals surface area contributed by atoms with E-state index in [2.05, 4.69) is 17.3 Å². The molecular formula is C20H20Cl2F3N3O2. The number of anilines is 1. The Bertz CT molecular complexity index is 905. The van der Waals surface area contributed by atoms with E-state index in [1.807, 2.05) is 36.4 Å². The Morgan fingerprint density at radius 1 is 1.23 bits per heavy atom. The maximum atomic E-state index is 11.4. The largest absolute Gasteiger partial charge is 0.446 e. The van der Waals surface area contributed by atoms with Crippen molar-refractivity contribution in [2.24, 2.45) is 5.73 Å². The minimum absolute atomic E-state index is 0.0260. The molecule has 10 heteroatoms. The summed E-state index contributed by atoms with van der Waals surface area (Å²) in [4.78, 5) is 22.3. The van der Waals surface area contributed by atoms with Crippen LogP contribution in [0.15, 0.2) is 36.4 Å². The molecule has 2 aromatic rings. The molecule has 1 heterocycles. The van der Waals surface area contributed by atoms with Gasteiger partial charge in [0.05, 0.1) is 16.6 Å². The quantitative estimate of drug-likeness (QED) is 0.671. The van der Waals surface area contributed by atoms with E-state index in [1.165, 1.54) is 16.7 Å². The van der Waals surface area contributed by atoms with E-state index in [0.717, 1.165) is 18.8 Å². The van der Waals surface area contributed by atoms with Crippen LogP contribution >= 0.6 is 23.2 Å². The summed E-state index contributed by atoms with van der Waals surface area (Å²) in [6.07, 6.45) is -5.70. The molecule has 162 valence electrons. The maximum Gasteiger partial charge on any atom is 0.446 e. The van der Waals surface area contributed by atoms with E-state index in [9.17, 15) is 18.0 Å². The number of aldehydes is 1. The summed E-state index contributed by atoms with van der Waals surface area (Å²) in [5.74, 6) is 0.0136. The van der Waals surface area contributed by atoms with Crippen molar-refractivity contribution in [3.8, 4) is 0 Å². The number of fused-ring (bicyclic) bond motifs is 1. The molecule has 3 N–H and O–H groups in total. The van der Waals surface area contributed by atoms with Crippen LogP contribution in [-0.2, 0) is 16.1 Å². The molecule has 0 bridgehead atoms. The summed E-state index contributed by atoms with van der Waals surface area (Å²) >= 11 is 12.4. The van der Waals surface area contributed by atoms with Gasteiger partial charge < -0.3 is 16.0 Å². The number of nitrogens with zero attached hydrogens (tertiary/aromatic N) is 1. The topological polar surface area (TPSA) is 75.4 Å². The number of hydrogen-bond donors (Lipinski definition) is 2. The van der Waals surface area contributed by atoms with Crippen LogP contribution < -0.4 is 11.1 Å². The first kappa shape index (κ1) is 24.1. The standard InChI is InChI=1S/C18H19Cl2N3O.C2HF3O/c1-23-9-12-6-16(19)17(20)7-14(12)15(10-23)11-2-4-13(5-3-11)22-18(24)8-21;3-2(4,5)1-6/h2-7,15H,8-10,21H2,1H3,(H,22,24);1H. The Morgan fingerprint density at radius 3 is 2.33 bits per heavy atom. The highest BCUT2D eigenvalue weighted by Gasteiger charge is 2.26. The van der Waals surface area contributed by atoms with Gasteiger partial charge in [-0.05, 0) is 48.0 Å². The van der Waals surface area contributed by atoms with Gasteiger partial charge >= 0.3 is 6.18 Å². The Hall–Kier alpha value is -2.13. The number of carbonyl (C=O) groups excluding carboxylic acids is 2. The number of alkyl halides is 3. The Kier molecular flexibility index (Phi) is 8.25. The molecule has 30 heavy (non-hydrogen) atoms. The Balaban J connectivity index is 0.000000469. The minimum Gasteiger partial charge on any atom is -0.325 e. The van der Waals surface area contributed by atoms with E-state index >= 15 is 0 Å². The lowest BCUT2D eigenvalue weighted by Crippen LogP contribution is -2.31. The fraction of sp³-hybridized carbons (Fsp3) is 0.300. The number of rotatable bonds is 3. The van der Waals surface area contributed by atoms with Crippen LogP contribution in [0.5, 0.6) is 0 Å². The number of amides is 1. The fourth-order valence-electron chi connectivity index (χ4n) is 3.13. The van der Waals surface area contributed by atoms with Crippen LogP contribution in [0.1, 0.15) is 22.6 Å². The first-order valence-electron chi connectivity index (χ1n) is 8.83. The van der Waals surface area contributed by atoms with Gasteiger partial charge in [-0.3, -0.25) is 9.59 Å². The maximum absolute atomic E-state index is 11.4. The normalized spacial score (nSPS) is 16.2. The van der Waals surface area contributed by atoms with Crippen LogP contribution in [0.25, 0.3) is 0 Å². The third-order valence-electron chi connectivity index (χ3n) is 4.41. The molecule has 5 nitrogen and oxygen atoms in total. The minimum atomic E-state index is -4.64. The lowest BCUT2D eigenvalue weighted by molar-refractivity contribution is -0.156. The van der Waals surface area contributed by atoms with Gasteiger partial charge in [-0.15, -0.1) is 0 Å². The molecule has 3 rings (SSSR count). The summed E-state index contributed by atoms with van der Waals surface area (Å²) in [6.45, 7) is 1.73. The lowest BCUT2D eigenvalue weighted by atomic mass is 9.85. The number of nitrogens with two attached hydrogens (primary N) is 1. The van der Waals surface area contributed by atoms with E-state index in [-0.39, 0.29) is 18.4 Å². The van der Waals surface area contributed by atoms with Crippen molar-refractivity contribution in [3.05, 3.63) is 63.1 Å². The lowest BCUT2D eigenvalue weighted by Gasteiger charge is -2.33. The molecule has 0 fully saturated rings. The molecule has 0 aromatic heterocycles. The number of nitrogens with one attached hydrogen (secondary N) is 1. The molecule has 2 aromatic carbocycles. The molecule has 1 unspecified atom stereocenters. The van der Waals surface area contributed by atoms with E-state index in [1.54, 1.807) is 0 Å². The predicted molar refractivity (Wildman–Crippen MR) is 111 cm³/mol. The molecule has 0 aliphatic carbocycles. The van der Waals surface area contributed by atoms with Crippen molar-refractivity contribution in [1.29, 1.82) is 0 Å². The van der Waals surface area contributed by atoms with E-state index < -0.39 is 12.5 Å². The second-order valence-electron chi connectivity index (χ2n) is 6.75. The zero-order valence-electron chi connectivity index (χ0n) is 16.0. The average Bonchev–Trinajstić information content (AvgIpc) is 2.69. The number of hydrogen-bond acceptors (Lipinski definition) is 4. The average molecular weight is 462 g/mol. The molecule has 0 radical (unpaired) electrons. The van der Waals surface area contributed by atoms with Crippen molar-refractivity contribution >= 4 is 41.1 Å². The molecule has 1 aliphatic rings. The van der Waals surface area contributed by atoms with Crippen molar-refractivity contribution in [1.82, 2.24) is 4.90 Å². The molecule has 1 atom stereocenters. The highest BCUT2D eigenvalue weighted by molar-refractivity contribution is 6.42. The number of benzene rings is 2. The molecule has 0 spiro atoms. The van der Waals surface area contributed by atoms with Gasteiger partial charge in [0.1, 0.15) is 0 Å². The van der Waals surface area contributed by atoms with Crippen molar-refractivity contribution in [2.75, 3.05) is 25.5 Å². The highest BCUT2D eigenvalue weighted by atomic mass is 35.5. The van der Waals surface area contributed by atoms with Crippen LogP contribution in [0.3, 0.4) is 0 Å². The summed E-state index contributed by atoms with van der Waals surface area (Å²) in [5, 5.41) is 3.92. The van der Waals surface area contributed by atoms with E-state index in [4.69, 9.17) is 33.7 Å². The van der Waals surface area contributed by atoms with Gasteiger partial charge in [0, 0.05) is 24.7 Å². The molecular weight excluding hydrogens is 442 g/mol. The Morgan fingerprint density at radius 2 is 1.80 bits per heavy atom. The summed E-state index contributed by atoms with van der Waals surface area (Å²) in [7, 11) is 2.09. The van der Waals surface area contributed by atoms with Crippen molar-refractivity contribution < 1.29 is 22.8 Å². The zero-order valence-corrected chi connectivity index (χ0v) is 17.5. The van der Waals surface area contributed by atoms with Gasteiger partial charge in [0.15, 0.2) is 0 Å². The Labute approximate surface area is 181 Å². The van der Waals surface area contributed by atoms with Gasteiger partial charge in [-0.2, -0.15) is 13.2 Å². The second-order valence-corrected chi connectivity index (χ2v) is 7.56. The summed E-state index contributed by atoms with van der Waals surface area (Å²) in [6, 6.07) is 11.8. The van der Waals surface area contributed by atoms with Gasteiger partial charge in [-0.1, -0.05) is 35.3 Å². The first-order chi connectivity index (χ1) is 14.0. The zero-order chi connectivity index (χ0) is 22.5. The van der Waals surface area contributed by atoms with Crippen molar-refractivity contribution in [2.45, 2.75) is 18.6 Å². The van der Waals surface area contributed by atoms with Crippen LogP contribution in [0.4, 0.5) is 18.9 Å². The van der Waals surface area contributed by atoms with Gasteiger partial charge in [0.2, 0.25) is 12.2 Å². The molecule has 0 saturated carbocycles. The smallest absolute Gasteiger partial charge is 0.325 e. The number of halogens is 5. The molecule has 0 saturated heterocycles. The fourth-order valence-corrected chi connectivity index (χ4v) is 3.48. The monoisotopic (exact) mass is 461 g/mol. The molecule has 1 amide bonds. The molecule has 1 aliphatic heterocycles. The third kappa shape index (κ3) is 6.70. The van der Waals surface area contributed by atoms with Gasteiger partial charge in [0.25, 0.3) is 0 Å². The third-order valence-corrected chi connectivity index (χ3v) is 5.13. The van der Waals surface area contributed by atoms with Crippen molar-refractivity contribution in [3.63, 3.8) is 0 Å². The van der Waals surface area contributed by atoms with Gasteiger partial charge in [-0.25, -0.2) is 0 Å². The van der Waals surface area contributed by atoms with Crippen LogP contribution in [-0.4, -0.2) is 43.4 Å². The van der Waals surface area contributed by atoms with Crippen LogP contribution in [0, 0.1) is 0 Å². The number of likely N-dealkylation sites (N-methyl/N-ethyl adjacent to an activating group) is 1.